The topological polar surface area (TPSA) is 52.6 Å². The second-order valence-corrected chi connectivity index (χ2v) is 6.75. The van der Waals surface area contributed by atoms with Crippen molar-refractivity contribution in [2.45, 2.75) is 19.0 Å². The van der Waals surface area contributed by atoms with Crippen LogP contribution in [-0.4, -0.2) is 30.2 Å². The van der Waals surface area contributed by atoms with Crippen LogP contribution >= 0.6 is 23.2 Å². The van der Waals surface area contributed by atoms with Crippen molar-refractivity contribution in [1.29, 1.82) is 0 Å². The number of hydrogen-bond donors (Lipinski definition) is 2. The van der Waals surface area contributed by atoms with Crippen LogP contribution in [-0.2, 0) is 6.54 Å². The molecule has 1 aliphatic rings. The van der Waals surface area contributed by atoms with E-state index in [2.05, 4.69) is 10.2 Å². The molecule has 1 aliphatic heterocycles. The molecule has 3 rings (SSSR count). The van der Waals surface area contributed by atoms with Crippen molar-refractivity contribution in [3.63, 3.8) is 0 Å². The third kappa shape index (κ3) is 4.01. The number of nitrogens with zero attached hydrogens (tertiary/aromatic N) is 1. The molecule has 1 unspecified atom stereocenters. The molecule has 0 amide bonds. The first kappa shape index (κ1) is 17.1. The lowest BCUT2D eigenvalue weighted by Crippen LogP contribution is -2.32. The van der Waals surface area contributed by atoms with Crippen molar-refractivity contribution in [2.75, 3.05) is 18.0 Å². The molecular formula is C18H18Cl2N2O2. The lowest BCUT2D eigenvalue weighted by molar-refractivity contribution is 0.0697. The Labute approximate surface area is 151 Å². The van der Waals surface area contributed by atoms with Gasteiger partial charge in [0, 0.05) is 30.7 Å². The van der Waals surface area contributed by atoms with Crippen LogP contribution in [0, 0.1) is 0 Å². The molecule has 1 heterocycles. The highest BCUT2D eigenvalue weighted by Gasteiger charge is 2.23. The fourth-order valence-electron chi connectivity index (χ4n) is 2.91. The van der Waals surface area contributed by atoms with Crippen LogP contribution in [0.4, 0.5) is 5.69 Å². The molecule has 0 saturated carbocycles. The van der Waals surface area contributed by atoms with Crippen LogP contribution in [0.25, 0.3) is 0 Å². The second-order valence-electron chi connectivity index (χ2n) is 5.91. The summed E-state index contributed by atoms with van der Waals surface area (Å²) in [7, 11) is 0. The van der Waals surface area contributed by atoms with Gasteiger partial charge in [0.2, 0.25) is 0 Å². The van der Waals surface area contributed by atoms with Gasteiger partial charge in [-0.3, -0.25) is 0 Å². The van der Waals surface area contributed by atoms with Crippen LogP contribution in [0.5, 0.6) is 0 Å². The lowest BCUT2D eigenvalue weighted by atomic mass is 10.1. The molecule has 2 aromatic rings. The van der Waals surface area contributed by atoms with E-state index < -0.39 is 5.97 Å². The van der Waals surface area contributed by atoms with Crippen molar-refractivity contribution in [1.82, 2.24) is 5.32 Å². The van der Waals surface area contributed by atoms with Crippen LogP contribution in [0.15, 0.2) is 42.5 Å². The minimum absolute atomic E-state index is 0.308. The van der Waals surface area contributed by atoms with Crippen LogP contribution < -0.4 is 10.2 Å². The summed E-state index contributed by atoms with van der Waals surface area (Å²) >= 11 is 12.2. The number of benzene rings is 2. The lowest BCUT2D eigenvalue weighted by Gasteiger charge is -2.20. The molecule has 2 N–H and O–H groups in total. The summed E-state index contributed by atoms with van der Waals surface area (Å²) in [4.78, 5) is 13.1. The van der Waals surface area contributed by atoms with Crippen molar-refractivity contribution >= 4 is 34.9 Å². The maximum absolute atomic E-state index is 10.9. The van der Waals surface area contributed by atoms with Gasteiger partial charge in [0.05, 0.1) is 16.3 Å². The van der Waals surface area contributed by atoms with Crippen LogP contribution in [0.3, 0.4) is 0 Å². The van der Waals surface area contributed by atoms with E-state index >= 15 is 0 Å². The van der Waals surface area contributed by atoms with Gasteiger partial charge in [-0.2, -0.15) is 0 Å². The van der Waals surface area contributed by atoms with Gasteiger partial charge >= 0.3 is 5.97 Å². The Balaban J connectivity index is 1.55. The van der Waals surface area contributed by atoms with Crippen molar-refractivity contribution in [3.05, 3.63) is 63.6 Å². The molecule has 2 aromatic carbocycles. The van der Waals surface area contributed by atoms with E-state index in [1.165, 1.54) is 0 Å². The van der Waals surface area contributed by atoms with Gasteiger partial charge in [-0.1, -0.05) is 35.3 Å². The molecule has 0 aromatic heterocycles. The predicted octanol–water partition coefficient (Wildman–Crippen LogP) is 4.06. The van der Waals surface area contributed by atoms with Crippen molar-refractivity contribution in [3.8, 4) is 0 Å². The number of rotatable bonds is 5. The number of halogens is 2. The molecule has 0 bridgehead atoms. The third-order valence-corrected chi connectivity index (χ3v) is 4.77. The molecular weight excluding hydrogens is 347 g/mol. The monoisotopic (exact) mass is 364 g/mol. The number of carboxylic acids is 1. The zero-order valence-electron chi connectivity index (χ0n) is 13.0. The van der Waals surface area contributed by atoms with E-state index in [9.17, 15) is 4.79 Å². The Morgan fingerprint density at radius 1 is 1.21 bits per heavy atom. The molecule has 1 atom stereocenters. The van der Waals surface area contributed by atoms with Gasteiger partial charge < -0.3 is 15.3 Å². The maximum atomic E-state index is 10.9. The SMILES string of the molecule is O=C(O)c1ccc(CNC2CCN(c3ccc(Cl)cc3Cl)C2)cc1. The standard InChI is InChI=1S/C18H18Cl2N2O2/c19-14-5-6-17(16(20)9-14)22-8-7-15(11-22)21-10-12-1-3-13(4-2-12)18(23)24/h1-6,9,15,21H,7-8,10-11H2,(H,23,24). The first-order valence-electron chi connectivity index (χ1n) is 7.78. The Bertz CT molecular complexity index is 734. The van der Waals surface area contributed by atoms with Crippen LogP contribution in [0.2, 0.25) is 10.0 Å². The summed E-state index contributed by atoms with van der Waals surface area (Å²) < 4.78 is 0. The molecule has 6 heteroatoms. The zero-order valence-corrected chi connectivity index (χ0v) is 14.5. The average Bonchev–Trinajstić information content (AvgIpc) is 3.02. The molecule has 0 radical (unpaired) electrons. The fourth-order valence-corrected chi connectivity index (χ4v) is 3.44. The molecule has 24 heavy (non-hydrogen) atoms. The van der Waals surface area contributed by atoms with E-state index in [4.69, 9.17) is 28.3 Å². The van der Waals surface area contributed by atoms with Crippen molar-refractivity contribution < 1.29 is 9.90 Å². The van der Waals surface area contributed by atoms with E-state index in [1.807, 2.05) is 24.3 Å². The Kier molecular flexibility index (Phi) is 5.29. The predicted molar refractivity (Wildman–Crippen MR) is 97.3 cm³/mol. The highest BCUT2D eigenvalue weighted by Crippen LogP contribution is 2.31. The Hall–Kier alpha value is -1.75. The number of carboxylic acid groups (broad SMARTS) is 1. The quantitative estimate of drug-likeness (QED) is 0.839. The summed E-state index contributed by atoms with van der Waals surface area (Å²) in [5.74, 6) is -0.902. The first-order valence-corrected chi connectivity index (χ1v) is 8.54. The van der Waals surface area contributed by atoms with Gasteiger partial charge in [0.1, 0.15) is 0 Å². The smallest absolute Gasteiger partial charge is 0.335 e. The fraction of sp³-hybridized carbons (Fsp3) is 0.278. The van der Waals surface area contributed by atoms with Gasteiger partial charge in [0.15, 0.2) is 0 Å². The summed E-state index contributed by atoms with van der Waals surface area (Å²) in [5.41, 5.74) is 2.39. The molecule has 0 aliphatic carbocycles. The number of hydrogen-bond acceptors (Lipinski definition) is 3. The minimum atomic E-state index is -0.902. The van der Waals surface area contributed by atoms with Gasteiger partial charge in [-0.25, -0.2) is 4.79 Å². The minimum Gasteiger partial charge on any atom is -0.478 e. The van der Waals surface area contributed by atoms with E-state index in [0.29, 0.717) is 28.2 Å². The number of nitrogens with one attached hydrogen (secondary N) is 1. The highest BCUT2D eigenvalue weighted by molar-refractivity contribution is 6.36. The normalized spacial score (nSPS) is 17.2. The van der Waals surface area contributed by atoms with E-state index in [0.717, 1.165) is 30.8 Å². The largest absolute Gasteiger partial charge is 0.478 e. The number of aromatic carboxylic acids is 1. The summed E-state index contributed by atoms with van der Waals surface area (Å²) in [6.07, 6.45) is 1.03. The summed E-state index contributed by atoms with van der Waals surface area (Å²) in [6.45, 7) is 2.54. The van der Waals surface area contributed by atoms with Crippen molar-refractivity contribution in [2.24, 2.45) is 0 Å². The van der Waals surface area contributed by atoms with Gasteiger partial charge in [-0.15, -0.1) is 0 Å². The second kappa shape index (κ2) is 7.43. The van der Waals surface area contributed by atoms with Gasteiger partial charge in [0.25, 0.3) is 0 Å². The first-order chi connectivity index (χ1) is 11.5. The molecule has 0 spiro atoms. The molecule has 4 nitrogen and oxygen atoms in total. The zero-order chi connectivity index (χ0) is 17.1. The molecule has 126 valence electrons. The number of anilines is 1. The average molecular weight is 365 g/mol. The third-order valence-electron chi connectivity index (χ3n) is 4.23. The molecule has 1 saturated heterocycles. The molecule has 1 fully saturated rings. The maximum Gasteiger partial charge on any atom is 0.335 e. The highest BCUT2D eigenvalue weighted by atomic mass is 35.5. The Morgan fingerprint density at radius 3 is 2.62 bits per heavy atom. The Morgan fingerprint density at radius 2 is 1.96 bits per heavy atom. The summed E-state index contributed by atoms with van der Waals surface area (Å²) in [5, 5.41) is 13.7. The van der Waals surface area contributed by atoms with E-state index in [-0.39, 0.29) is 0 Å². The number of carbonyl (C=O) groups is 1. The summed E-state index contributed by atoms with van der Waals surface area (Å²) in [6, 6.07) is 12.9. The van der Waals surface area contributed by atoms with Crippen LogP contribution in [0.1, 0.15) is 22.3 Å². The van der Waals surface area contributed by atoms with E-state index in [1.54, 1.807) is 18.2 Å². The van der Waals surface area contributed by atoms with Gasteiger partial charge in [-0.05, 0) is 42.3 Å².